The van der Waals surface area contributed by atoms with Crippen molar-refractivity contribution in [2.75, 3.05) is 21.2 Å². The molecule has 0 saturated heterocycles. The Morgan fingerprint density at radius 1 is 1.25 bits per heavy atom. The monoisotopic (exact) mass is 232 g/mol. The SMILES string of the molecule is COc1ccc([B-](F)(F)F)c(CN(C)C)c1. The van der Waals surface area contributed by atoms with Gasteiger partial charge in [0.15, 0.2) is 0 Å². The van der Waals surface area contributed by atoms with Crippen molar-refractivity contribution < 1.29 is 17.7 Å². The molecule has 0 radical (unpaired) electrons. The third kappa shape index (κ3) is 3.16. The molecule has 0 aliphatic carbocycles. The molecule has 0 atom stereocenters. The molecule has 0 fully saturated rings. The molecule has 1 rings (SSSR count). The topological polar surface area (TPSA) is 12.5 Å². The van der Waals surface area contributed by atoms with Gasteiger partial charge in [0.25, 0.3) is 0 Å². The molecule has 0 aliphatic heterocycles. The lowest BCUT2D eigenvalue weighted by atomic mass is 9.76. The Labute approximate surface area is 93.1 Å². The molecule has 6 heteroatoms. The van der Waals surface area contributed by atoms with Gasteiger partial charge in [-0.25, -0.2) is 0 Å². The van der Waals surface area contributed by atoms with Crippen molar-refractivity contribution in [3.8, 4) is 5.75 Å². The first-order chi connectivity index (χ1) is 7.34. The van der Waals surface area contributed by atoms with Crippen molar-refractivity contribution in [2.24, 2.45) is 0 Å². The second-order valence-corrected chi connectivity index (χ2v) is 3.88. The van der Waals surface area contributed by atoms with Gasteiger partial charge in [-0.15, -0.1) is 5.46 Å². The van der Waals surface area contributed by atoms with Crippen molar-refractivity contribution >= 4 is 12.4 Å². The molecule has 0 aromatic heterocycles. The molecular weight excluding hydrogens is 218 g/mol. The zero-order valence-corrected chi connectivity index (χ0v) is 9.51. The van der Waals surface area contributed by atoms with E-state index in [2.05, 4.69) is 0 Å². The van der Waals surface area contributed by atoms with Crippen LogP contribution in [0.5, 0.6) is 5.75 Å². The Morgan fingerprint density at radius 2 is 1.88 bits per heavy atom. The molecule has 90 valence electrons. The highest BCUT2D eigenvalue weighted by molar-refractivity contribution is 6.74. The van der Waals surface area contributed by atoms with E-state index in [1.165, 1.54) is 19.2 Å². The zero-order valence-electron chi connectivity index (χ0n) is 9.51. The summed E-state index contributed by atoms with van der Waals surface area (Å²) in [4.78, 5) is 1.69. The predicted octanol–water partition coefficient (Wildman–Crippen LogP) is 1.81. The first-order valence-electron chi connectivity index (χ1n) is 4.86. The van der Waals surface area contributed by atoms with E-state index in [-0.39, 0.29) is 12.1 Å². The number of nitrogens with zero attached hydrogens (tertiary/aromatic N) is 1. The number of halogens is 3. The first kappa shape index (κ1) is 12.9. The van der Waals surface area contributed by atoms with Gasteiger partial charge in [0.2, 0.25) is 0 Å². The Hall–Kier alpha value is -1.17. The van der Waals surface area contributed by atoms with Gasteiger partial charge >= 0.3 is 6.98 Å². The highest BCUT2D eigenvalue weighted by Gasteiger charge is 2.28. The van der Waals surface area contributed by atoms with E-state index in [0.29, 0.717) is 5.75 Å². The quantitative estimate of drug-likeness (QED) is 0.734. The number of hydrogen-bond donors (Lipinski definition) is 0. The highest BCUT2D eigenvalue weighted by atomic mass is 19.4. The highest BCUT2D eigenvalue weighted by Crippen LogP contribution is 2.18. The molecule has 0 N–H and O–H groups in total. The largest absolute Gasteiger partial charge is 0.509 e. The van der Waals surface area contributed by atoms with Gasteiger partial charge in [-0.05, 0) is 26.2 Å². The summed E-state index contributed by atoms with van der Waals surface area (Å²) >= 11 is 0. The van der Waals surface area contributed by atoms with E-state index in [4.69, 9.17) is 4.74 Å². The van der Waals surface area contributed by atoms with Crippen molar-refractivity contribution in [2.45, 2.75) is 6.54 Å². The summed E-state index contributed by atoms with van der Waals surface area (Å²) in [5, 5.41) is 0. The maximum Gasteiger partial charge on any atom is 0.509 e. The Morgan fingerprint density at radius 3 is 2.31 bits per heavy atom. The van der Waals surface area contributed by atoms with Crippen LogP contribution < -0.4 is 10.2 Å². The number of hydrogen-bond acceptors (Lipinski definition) is 2. The van der Waals surface area contributed by atoms with Gasteiger partial charge in [0.05, 0.1) is 7.11 Å². The molecule has 1 aromatic carbocycles. The van der Waals surface area contributed by atoms with Crippen LogP contribution in [0.25, 0.3) is 0 Å². The first-order valence-corrected chi connectivity index (χ1v) is 4.86. The Balaban J connectivity index is 3.16. The lowest BCUT2D eigenvalue weighted by molar-refractivity contribution is 0.395. The maximum absolute atomic E-state index is 12.7. The van der Waals surface area contributed by atoms with Crippen LogP contribution in [0.15, 0.2) is 18.2 Å². The van der Waals surface area contributed by atoms with Crippen LogP contribution in [-0.4, -0.2) is 33.1 Å². The molecule has 0 heterocycles. The molecule has 1 aromatic rings. The molecule has 0 unspecified atom stereocenters. The Kier molecular flexibility index (Phi) is 3.85. The van der Waals surface area contributed by atoms with Gasteiger partial charge in [-0.2, -0.15) is 0 Å². The van der Waals surface area contributed by atoms with Gasteiger partial charge in [-0.3, -0.25) is 0 Å². The third-order valence-electron chi connectivity index (χ3n) is 2.19. The average molecular weight is 232 g/mol. The Bertz CT molecular complexity index is 366. The predicted molar refractivity (Wildman–Crippen MR) is 59.1 cm³/mol. The van der Waals surface area contributed by atoms with Crippen LogP contribution in [0.3, 0.4) is 0 Å². The van der Waals surface area contributed by atoms with Crippen LogP contribution >= 0.6 is 0 Å². The summed E-state index contributed by atoms with van der Waals surface area (Å²) in [5.74, 6) is 0.445. The summed E-state index contributed by atoms with van der Waals surface area (Å²) < 4.78 is 43.1. The second-order valence-electron chi connectivity index (χ2n) is 3.88. The summed E-state index contributed by atoms with van der Waals surface area (Å²) in [6, 6.07) is 3.85. The van der Waals surface area contributed by atoms with E-state index < -0.39 is 12.4 Å². The third-order valence-corrected chi connectivity index (χ3v) is 2.19. The lowest BCUT2D eigenvalue weighted by Gasteiger charge is -2.22. The van der Waals surface area contributed by atoms with Crippen LogP contribution in [0.2, 0.25) is 0 Å². The molecular formula is C10H14BF3NO-. The van der Waals surface area contributed by atoms with Crippen LogP contribution in [0.1, 0.15) is 5.56 Å². The fourth-order valence-electron chi connectivity index (χ4n) is 1.51. The summed E-state index contributed by atoms with van der Waals surface area (Å²) in [6.45, 7) is -4.73. The maximum atomic E-state index is 12.7. The van der Waals surface area contributed by atoms with Crippen LogP contribution in [-0.2, 0) is 6.54 Å². The minimum atomic E-state index is -4.97. The van der Waals surface area contributed by atoms with Crippen LogP contribution in [0, 0.1) is 0 Å². The fraction of sp³-hybridized carbons (Fsp3) is 0.400. The van der Waals surface area contributed by atoms with Crippen molar-refractivity contribution in [1.82, 2.24) is 4.90 Å². The standard InChI is InChI=1S/C10H14BF3NO/c1-15(2)7-8-6-9(16-3)4-5-10(8)11(12,13)14/h4-6H,7H2,1-3H3/q-1. The smallest absolute Gasteiger partial charge is 0.497 e. The fourth-order valence-corrected chi connectivity index (χ4v) is 1.51. The molecule has 2 nitrogen and oxygen atoms in total. The molecule has 16 heavy (non-hydrogen) atoms. The zero-order chi connectivity index (χ0) is 12.3. The van der Waals surface area contributed by atoms with Gasteiger partial charge in [0.1, 0.15) is 5.75 Å². The molecule has 0 spiro atoms. The minimum Gasteiger partial charge on any atom is -0.497 e. The summed E-state index contributed by atoms with van der Waals surface area (Å²) in [7, 11) is 4.90. The molecule has 0 amide bonds. The molecule has 0 saturated carbocycles. The minimum absolute atomic E-state index is 0.244. The number of benzene rings is 1. The van der Waals surface area contributed by atoms with E-state index >= 15 is 0 Å². The van der Waals surface area contributed by atoms with Gasteiger partial charge in [0, 0.05) is 6.54 Å². The van der Waals surface area contributed by atoms with E-state index in [1.54, 1.807) is 19.0 Å². The van der Waals surface area contributed by atoms with E-state index in [1.807, 2.05) is 0 Å². The molecule has 0 aliphatic rings. The number of ether oxygens (including phenoxy) is 1. The van der Waals surface area contributed by atoms with Crippen molar-refractivity contribution in [1.29, 1.82) is 0 Å². The van der Waals surface area contributed by atoms with Gasteiger partial charge < -0.3 is 22.6 Å². The summed E-state index contributed by atoms with van der Waals surface area (Å²) in [5.41, 5.74) is -0.300. The van der Waals surface area contributed by atoms with E-state index in [9.17, 15) is 12.9 Å². The van der Waals surface area contributed by atoms with Crippen molar-refractivity contribution in [3.63, 3.8) is 0 Å². The summed E-state index contributed by atoms with van der Waals surface area (Å²) in [6.07, 6.45) is 0. The second kappa shape index (κ2) is 4.78. The number of methoxy groups -OCH3 is 1. The molecule has 0 bridgehead atoms. The lowest BCUT2D eigenvalue weighted by Crippen LogP contribution is -2.38. The van der Waals surface area contributed by atoms with Crippen LogP contribution in [0.4, 0.5) is 12.9 Å². The normalized spacial score (nSPS) is 11.9. The average Bonchev–Trinajstić information content (AvgIpc) is 2.14. The van der Waals surface area contributed by atoms with Crippen molar-refractivity contribution in [3.05, 3.63) is 23.8 Å². The van der Waals surface area contributed by atoms with Gasteiger partial charge in [-0.1, -0.05) is 11.6 Å². The van der Waals surface area contributed by atoms with E-state index in [0.717, 1.165) is 6.07 Å². The number of rotatable bonds is 4.